The van der Waals surface area contributed by atoms with Crippen molar-refractivity contribution in [2.45, 2.75) is 31.7 Å². The van der Waals surface area contributed by atoms with Crippen LogP contribution < -0.4 is 10.9 Å². The lowest BCUT2D eigenvalue weighted by Crippen LogP contribution is -2.35. The first-order valence-corrected chi connectivity index (χ1v) is 9.58. The fourth-order valence-corrected chi connectivity index (χ4v) is 4.29. The maximum atomic E-state index is 13.2. The van der Waals surface area contributed by atoms with E-state index in [0.29, 0.717) is 12.2 Å². The van der Waals surface area contributed by atoms with Gasteiger partial charge in [-0.25, -0.2) is 9.82 Å². The van der Waals surface area contributed by atoms with E-state index < -0.39 is 0 Å². The van der Waals surface area contributed by atoms with E-state index in [9.17, 15) is 9.18 Å². The topological polar surface area (TPSA) is 62.2 Å². The lowest BCUT2D eigenvalue weighted by Gasteiger charge is -2.25. The Hall–Kier alpha value is -2.25. The van der Waals surface area contributed by atoms with Crippen LogP contribution >= 0.6 is 0 Å². The van der Waals surface area contributed by atoms with Crippen molar-refractivity contribution in [3.63, 3.8) is 0 Å². The van der Waals surface area contributed by atoms with Crippen molar-refractivity contribution in [3.8, 4) is 0 Å². The Morgan fingerprint density at radius 3 is 2.81 bits per heavy atom. The highest BCUT2D eigenvalue weighted by atomic mass is 19.1. The molecular weight excluding hydrogens is 345 g/mol. The molecule has 7 heteroatoms. The summed E-state index contributed by atoms with van der Waals surface area (Å²) >= 11 is 0. The molecule has 2 unspecified atom stereocenters. The average Bonchev–Trinajstić information content (AvgIpc) is 3.27. The molecule has 27 heavy (non-hydrogen) atoms. The zero-order chi connectivity index (χ0) is 19.0. The summed E-state index contributed by atoms with van der Waals surface area (Å²) in [6.45, 7) is 1.35. The minimum Gasteiger partial charge on any atom is -0.340 e. The van der Waals surface area contributed by atoms with Gasteiger partial charge in [0.15, 0.2) is 5.69 Å². The summed E-state index contributed by atoms with van der Waals surface area (Å²) in [6, 6.07) is 6.58. The van der Waals surface area contributed by atoms with Crippen LogP contribution in [-0.2, 0) is 19.9 Å². The van der Waals surface area contributed by atoms with E-state index in [1.807, 2.05) is 18.8 Å². The third-order valence-corrected chi connectivity index (χ3v) is 5.75. The maximum Gasteiger partial charge on any atom is 0.274 e. The number of aromatic nitrogens is 2. The molecule has 6 nitrogen and oxygen atoms in total. The van der Waals surface area contributed by atoms with Gasteiger partial charge in [-0.05, 0) is 43.4 Å². The minimum absolute atomic E-state index is 0.0153. The van der Waals surface area contributed by atoms with E-state index in [1.165, 1.54) is 17.8 Å². The van der Waals surface area contributed by atoms with E-state index in [0.717, 1.165) is 43.4 Å². The Bertz CT molecular complexity index is 832. The summed E-state index contributed by atoms with van der Waals surface area (Å²) in [4.78, 5) is 14.8. The maximum absolute atomic E-state index is 13.2. The molecule has 0 saturated carbocycles. The number of hydrogen-bond acceptors (Lipinski definition) is 4. The molecule has 0 bridgehead atoms. The Morgan fingerprint density at radius 2 is 2.04 bits per heavy atom. The zero-order valence-electron chi connectivity index (χ0n) is 15.8. The Morgan fingerprint density at radius 1 is 1.30 bits per heavy atom. The van der Waals surface area contributed by atoms with Gasteiger partial charge in [-0.1, -0.05) is 12.1 Å². The lowest BCUT2D eigenvalue weighted by molar-refractivity contribution is 0.0763. The van der Waals surface area contributed by atoms with E-state index in [2.05, 4.69) is 16.0 Å². The number of aryl methyl sites for hydroxylation is 1. The number of hydrazine groups is 1. The Kier molecular flexibility index (Phi) is 4.97. The summed E-state index contributed by atoms with van der Waals surface area (Å²) in [5.74, 6) is -0.0593. The molecule has 1 aliphatic carbocycles. The van der Waals surface area contributed by atoms with Gasteiger partial charge >= 0.3 is 0 Å². The van der Waals surface area contributed by atoms with Gasteiger partial charge in [0.1, 0.15) is 5.82 Å². The number of nitrogens with one attached hydrogen (secondary N) is 2. The Balaban J connectivity index is 1.49. The first-order chi connectivity index (χ1) is 13.0. The average molecular weight is 371 g/mol. The molecule has 1 aliphatic heterocycles. The van der Waals surface area contributed by atoms with E-state index in [4.69, 9.17) is 0 Å². The lowest BCUT2D eigenvalue weighted by atomic mass is 9.93. The van der Waals surface area contributed by atoms with Crippen molar-refractivity contribution >= 4 is 5.91 Å². The van der Waals surface area contributed by atoms with Gasteiger partial charge in [-0.15, -0.1) is 0 Å². The normalized spacial score (nSPS) is 21.9. The minimum atomic E-state index is -0.242. The fraction of sp³-hybridized carbons (Fsp3) is 0.500. The van der Waals surface area contributed by atoms with Crippen molar-refractivity contribution < 1.29 is 9.18 Å². The van der Waals surface area contributed by atoms with Crippen LogP contribution in [-0.4, -0.2) is 40.7 Å². The second-order valence-corrected chi connectivity index (χ2v) is 7.60. The second kappa shape index (κ2) is 7.40. The quantitative estimate of drug-likeness (QED) is 0.863. The first kappa shape index (κ1) is 18.1. The van der Waals surface area contributed by atoms with Crippen LogP contribution in [0.25, 0.3) is 0 Å². The van der Waals surface area contributed by atoms with Gasteiger partial charge in [-0.2, -0.15) is 5.10 Å². The second-order valence-electron chi connectivity index (χ2n) is 7.60. The van der Waals surface area contributed by atoms with Crippen molar-refractivity contribution in [1.29, 1.82) is 0 Å². The number of halogens is 1. The third-order valence-electron chi connectivity index (χ3n) is 5.75. The third kappa shape index (κ3) is 3.49. The van der Waals surface area contributed by atoms with Gasteiger partial charge in [0.2, 0.25) is 0 Å². The molecule has 2 heterocycles. The fourth-order valence-electron chi connectivity index (χ4n) is 4.29. The summed E-state index contributed by atoms with van der Waals surface area (Å²) in [6.07, 6.45) is 4.21. The van der Waals surface area contributed by atoms with Crippen LogP contribution in [0.1, 0.15) is 46.2 Å². The van der Waals surface area contributed by atoms with Crippen LogP contribution in [0.3, 0.4) is 0 Å². The molecule has 2 N–H and O–H groups in total. The molecule has 0 spiro atoms. The molecule has 2 aliphatic rings. The highest BCUT2D eigenvalue weighted by molar-refractivity contribution is 5.94. The van der Waals surface area contributed by atoms with Crippen molar-refractivity contribution in [2.24, 2.45) is 13.0 Å². The number of rotatable bonds is 4. The van der Waals surface area contributed by atoms with Crippen molar-refractivity contribution in [2.75, 3.05) is 20.1 Å². The molecule has 1 saturated heterocycles. The van der Waals surface area contributed by atoms with Crippen LogP contribution in [0, 0.1) is 11.7 Å². The van der Waals surface area contributed by atoms with E-state index >= 15 is 0 Å². The van der Waals surface area contributed by atoms with Crippen LogP contribution in [0.4, 0.5) is 4.39 Å². The predicted octanol–water partition coefficient (Wildman–Crippen LogP) is 1.98. The smallest absolute Gasteiger partial charge is 0.274 e. The first-order valence-electron chi connectivity index (χ1n) is 9.58. The summed E-state index contributed by atoms with van der Waals surface area (Å²) in [5, 5.41) is 4.53. The van der Waals surface area contributed by atoms with E-state index in [-0.39, 0.29) is 23.7 Å². The molecule has 4 rings (SSSR count). The number of benzene rings is 1. The molecule has 2 aromatic rings. The monoisotopic (exact) mass is 371 g/mol. The summed E-state index contributed by atoms with van der Waals surface area (Å²) < 4.78 is 15.1. The highest BCUT2D eigenvalue weighted by Crippen LogP contribution is 2.28. The van der Waals surface area contributed by atoms with Crippen molar-refractivity contribution in [1.82, 2.24) is 25.5 Å². The molecule has 0 radical (unpaired) electrons. The van der Waals surface area contributed by atoms with Gasteiger partial charge in [0.05, 0.1) is 6.04 Å². The number of carbonyl (C=O) groups is 1. The molecule has 1 aromatic carbocycles. The molecule has 144 valence electrons. The number of amides is 1. The van der Waals surface area contributed by atoms with E-state index in [1.54, 1.807) is 17.0 Å². The number of fused-ring (bicyclic) bond motifs is 1. The molecule has 1 fully saturated rings. The van der Waals surface area contributed by atoms with Gasteiger partial charge in [-0.3, -0.25) is 14.9 Å². The SMILES string of the molecule is CN(CC1CNNC1c1ccc(F)cc1)C(=O)c1nn(C)c2c1CCCC2. The zero-order valence-corrected chi connectivity index (χ0v) is 15.8. The number of carbonyl (C=O) groups excluding carboxylic acids is 1. The molecule has 2 atom stereocenters. The molecule has 1 aromatic heterocycles. The highest BCUT2D eigenvalue weighted by Gasteiger charge is 2.32. The Labute approximate surface area is 158 Å². The predicted molar refractivity (Wildman–Crippen MR) is 101 cm³/mol. The summed E-state index contributed by atoms with van der Waals surface area (Å²) in [7, 11) is 3.77. The van der Waals surface area contributed by atoms with Gasteiger partial charge < -0.3 is 4.90 Å². The standard InChI is InChI=1S/C20H26FN5O/c1-25(20(27)19-16-5-3-4-6-17(16)26(2)24-19)12-14-11-22-23-18(14)13-7-9-15(21)10-8-13/h7-10,14,18,22-23H,3-6,11-12H2,1-2H3. The van der Waals surface area contributed by atoms with Crippen molar-refractivity contribution in [3.05, 3.63) is 52.6 Å². The molecular formula is C20H26FN5O. The van der Waals surface area contributed by atoms with Gasteiger partial charge in [0, 0.05) is 44.4 Å². The number of nitrogens with zero attached hydrogens (tertiary/aromatic N) is 3. The van der Waals surface area contributed by atoms with Gasteiger partial charge in [0.25, 0.3) is 5.91 Å². The number of hydrogen-bond donors (Lipinski definition) is 2. The summed E-state index contributed by atoms with van der Waals surface area (Å²) in [5.41, 5.74) is 10.4. The molecule has 1 amide bonds. The largest absolute Gasteiger partial charge is 0.340 e. The van der Waals surface area contributed by atoms with Crippen LogP contribution in [0.15, 0.2) is 24.3 Å². The van der Waals surface area contributed by atoms with Crippen LogP contribution in [0.2, 0.25) is 0 Å². The van der Waals surface area contributed by atoms with Crippen LogP contribution in [0.5, 0.6) is 0 Å².